The van der Waals surface area contributed by atoms with Crippen LogP contribution in [0, 0.1) is 0 Å². The van der Waals surface area contributed by atoms with E-state index in [1.54, 1.807) is 12.1 Å². The lowest BCUT2D eigenvalue weighted by Gasteiger charge is -2.33. The van der Waals surface area contributed by atoms with Crippen LogP contribution in [0.2, 0.25) is 0 Å². The summed E-state index contributed by atoms with van der Waals surface area (Å²) >= 11 is 0. The Hall–Kier alpha value is -1.26. The predicted octanol–water partition coefficient (Wildman–Crippen LogP) is 1.32. The van der Waals surface area contributed by atoms with Crippen molar-refractivity contribution >= 4 is 5.69 Å². The Labute approximate surface area is 101 Å². The fourth-order valence-electron chi connectivity index (χ4n) is 2.50. The molecular weight excluding hydrogens is 216 g/mol. The van der Waals surface area contributed by atoms with Crippen molar-refractivity contribution < 1.29 is 10.2 Å². The minimum absolute atomic E-state index is 0.0615. The molecule has 1 aromatic carbocycles. The zero-order valence-corrected chi connectivity index (χ0v) is 10.3. The summed E-state index contributed by atoms with van der Waals surface area (Å²) in [6.45, 7) is 4.13. The molecule has 94 valence electrons. The number of benzene rings is 1. The van der Waals surface area contributed by atoms with Crippen LogP contribution in [0.15, 0.2) is 12.1 Å². The Morgan fingerprint density at radius 1 is 1.41 bits per heavy atom. The molecule has 1 aromatic rings. The molecule has 5 N–H and O–H groups in total. The normalized spacial score (nSPS) is 23.8. The number of nitrogen functional groups attached to an aromatic ring is 1. The number of fused-ring (bicyclic) bond motifs is 1. The third kappa shape index (κ3) is 2.23. The Bertz CT molecular complexity index is 418. The number of aliphatic hydroxyl groups excluding tert-OH is 1. The maximum Gasteiger partial charge on any atom is 0.138 e. The van der Waals surface area contributed by atoms with Crippen molar-refractivity contribution in [3.05, 3.63) is 23.3 Å². The summed E-state index contributed by atoms with van der Waals surface area (Å²) in [6, 6.07) is 3.71. The third-order valence-corrected chi connectivity index (χ3v) is 3.32. The second-order valence-corrected chi connectivity index (χ2v) is 4.98. The molecule has 0 saturated heterocycles. The highest BCUT2D eigenvalue weighted by Gasteiger charge is 2.29. The number of phenols is 1. The summed E-state index contributed by atoms with van der Waals surface area (Å²) in [4.78, 5) is 0. The van der Waals surface area contributed by atoms with E-state index in [0.717, 1.165) is 24.0 Å². The number of hydrogen-bond acceptors (Lipinski definition) is 4. The fraction of sp³-hybridized carbons (Fsp3) is 0.538. The molecule has 2 rings (SSSR count). The van der Waals surface area contributed by atoms with Crippen molar-refractivity contribution in [2.75, 3.05) is 5.73 Å². The molecule has 1 aliphatic rings. The van der Waals surface area contributed by atoms with Gasteiger partial charge in [0.2, 0.25) is 0 Å². The van der Waals surface area contributed by atoms with Gasteiger partial charge in [-0.1, -0.05) is 19.9 Å². The van der Waals surface area contributed by atoms with Crippen molar-refractivity contribution in [1.29, 1.82) is 0 Å². The van der Waals surface area contributed by atoms with Gasteiger partial charge >= 0.3 is 0 Å². The fourth-order valence-corrected chi connectivity index (χ4v) is 2.50. The summed E-state index contributed by atoms with van der Waals surface area (Å²) < 4.78 is 0. The molecule has 1 aliphatic carbocycles. The minimum atomic E-state index is -0.552. The van der Waals surface area contributed by atoms with Crippen LogP contribution < -0.4 is 11.1 Å². The largest absolute Gasteiger partial charge is 0.506 e. The van der Waals surface area contributed by atoms with Crippen molar-refractivity contribution in [3.63, 3.8) is 0 Å². The second-order valence-electron chi connectivity index (χ2n) is 4.98. The van der Waals surface area contributed by atoms with Gasteiger partial charge in [-0.05, 0) is 30.0 Å². The monoisotopic (exact) mass is 236 g/mol. The molecule has 0 fully saturated rings. The van der Waals surface area contributed by atoms with Gasteiger partial charge in [-0.2, -0.15) is 0 Å². The number of hydrogen-bond donors (Lipinski definition) is 4. The smallest absolute Gasteiger partial charge is 0.138 e. The molecular formula is C13H20N2O2. The molecule has 2 atom stereocenters. The van der Waals surface area contributed by atoms with E-state index in [2.05, 4.69) is 19.2 Å². The Balaban J connectivity index is 2.30. The highest BCUT2D eigenvalue weighted by Crippen LogP contribution is 2.37. The van der Waals surface area contributed by atoms with Crippen LogP contribution >= 0.6 is 0 Å². The number of phenolic OH excluding ortho intramolecular Hbond substituents is 1. The van der Waals surface area contributed by atoms with E-state index in [0.29, 0.717) is 11.7 Å². The van der Waals surface area contributed by atoms with E-state index in [1.165, 1.54) is 0 Å². The lowest BCUT2D eigenvalue weighted by molar-refractivity contribution is 0.110. The Morgan fingerprint density at radius 3 is 2.76 bits per heavy atom. The molecule has 0 bridgehead atoms. The van der Waals surface area contributed by atoms with Crippen LogP contribution in [0.25, 0.3) is 0 Å². The van der Waals surface area contributed by atoms with Crippen LogP contribution in [0.1, 0.15) is 37.5 Å². The van der Waals surface area contributed by atoms with Crippen molar-refractivity contribution in [2.24, 2.45) is 0 Å². The summed E-state index contributed by atoms with van der Waals surface area (Å²) in [6.07, 6.45) is 1.07. The molecule has 4 heteroatoms. The molecule has 0 aliphatic heterocycles. The van der Waals surface area contributed by atoms with E-state index in [-0.39, 0.29) is 11.8 Å². The lowest BCUT2D eigenvalue weighted by Crippen LogP contribution is -2.42. The quantitative estimate of drug-likeness (QED) is 0.461. The SMILES string of the molecule is CC(C)N[C@@H]1CCc2c(ccc(O)c2N)[C@H]1O. The molecule has 0 spiro atoms. The van der Waals surface area contributed by atoms with Crippen LogP contribution in [0.4, 0.5) is 5.69 Å². The molecule has 4 nitrogen and oxygen atoms in total. The van der Waals surface area contributed by atoms with Gasteiger partial charge < -0.3 is 21.3 Å². The summed E-state index contributed by atoms with van der Waals surface area (Å²) in [5.74, 6) is 0.103. The first-order valence-corrected chi connectivity index (χ1v) is 6.05. The number of nitrogens with one attached hydrogen (secondary N) is 1. The number of anilines is 1. The van der Waals surface area contributed by atoms with Gasteiger partial charge in [-0.3, -0.25) is 0 Å². The first-order chi connectivity index (χ1) is 8.00. The topological polar surface area (TPSA) is 78.5 Å². The van der Waals surface area contributed by atoms with E-state index >= 15 is 0 Å². The molecule has 0 aromatic heterocycles. The van der Waals surface area contributed by atoms with Crippen molar-refractivity contribution in [3.8, 4) is 5.75 Å². The number of aliphatic hydroxyl groups is 1. The van der Waals surface area contributed by atoms with Crippen molar-refractivity contribution in [1.82, 2.24) is 5.32 Å². The van der Waals surface area contributed by atoms with E-state index in [4.69, 9.17) is 5.73 Å². The lowest BCUT2D eigenvalue weighted by atomic mass is 9.84. The van der Waals surface area contributed by atoms with Gasteiger partial charge in [-0.15, -0.1) is 0 Å². The molecule has 0 unspecified atom stereocenters. The minimum Gasteiger partial charge on any atom is -0.506 e. The number of aromatic hydroxyl groups is 1. The van der Waals surface area contributed by atoms with Gasteiger partial charge in [-0.25, -0.2) is 0 Å². The predicted molar refractivity (Wildman–Crippen MR) is 67.9 cm³/mol. The standard InChI is InChI=1S/C13H20N2O2/c1-7(2)15-10-5-3-8-9(13(10)17)4-6-11(16)12(8)14/h4,6-7,10,13,15-17H,3,5,14H2,1-2H3/t10-,13-/m1/s1. The first kappa shape index (κ1) is 12.2. The van der Waals surface area contributed by atoms with Gasteiger partial charge in [0.25, 0.3) is 0 Å². The summed E-state index contributed by atoms with van der Waals surface area (Å²) in [5.41, 5.74) is 7.96. The highest BCUT2D eigenvalue weighted by molar-refractivity contribution is 5.62. The Kier molecular flexibility index (Phi) is 3.26. The van der Waals surface area contributed by atoms with Crippen LogP contribution in [-0.4, -0.2) is 22.3 Å². The van der Waals surface area contributed by atoms with E-state index in [9.17, 15) is 10.2 Å². The number of nitrogens with two attached hydrogens (primary N) is 1. The molecule has 0 radical (unpaired) electrons. The van der Waals surface area contributed by atoms with Gasteiger partial charge in [0.1, 0.15) is 5.75 Å². The second kappa shape index (κ2) is 4.55. The van der Waals surface area contributed by atoms with Gasteiger partial charge in [0.15, 0.2) is 0 Å². The highest BCUT2D eigenvalue weighted by atomic mass is 16.3. The van der Waals surface area contributed by atoms with Crippen LogP contribution in [0.5, 0.6) is 5.75 Å². The zero-order valence-electron chi connectivity index (χ0n) is 10.3. The average molecular weight is 236 g/mol. The van der Waals surface area contributed by atoms with Crippen molar-refractivity contribution in [2.45, 2.75) is 44.9 Å². The van der Waals surface area contributed by atoms with E-state index in [1.807, 2.05) is 0 Å². The first-order valence-electron chi connectivity index (χ1n) is 6.05. The zero-order chi connectivity index (χ0) is 12.6. The molecule has 17 heavy (non-hydrogen) atoms. The van der Waals surface area contributed by atoms with Gasteiger partial charge in [0.05, 0.1) is 11.8 Å². The summed E-state index contributed by atoms with van der Waals surface area (Å²) in [7, 11) is 0. The van der Waals surface area contributed by atoms with E-state index < -0.39 is 6.10 Å². The average Bonchev–Trinajstić information content (AvgIpc) is 2.27. The molecule has 0 amide bonds. The maximum atomic E-state index is 10.3. The summed E-state index contributed by atoms with van der Waals surface area (Å²) in [5, 5.41) is 23.2. The Morgan fingerprint density at radius 2 is 2.12 bits per heavy atom. The van der Waals surface area contributed by atoms with Gasteiger partial charge in [0, 0.05) is 12.1 Å². The third-order valence-electron chi connectivity index (χ3n) is 3.32. The number of rotatable bonds is 2. The maximum absolute atomic E-state index is 10.3. The molecule has 0 saturated carbocycles. The van der Waals surface area contributed by atoms with Crippen LogP contribution in [-0.2, 0) is 6.42 Å². The van der Waals surface area contributed by atoms with Crippen LogP contribution in [0.3, 0.4) is 0 Å². The molecule has 0 heterocycles.